The van der Waals surface area contributed by atoms with Crippen molar-refractivity contribution in [1.82, 2.24) is 20.9 Å². The van der Waals surface area contributed by atoms with Crippen LogP contribution in [0.15, 0.2) is 29.3 Å². The molecule has 0 unspecified atom stereocenters. The second-order valence-electron chi connectivity index (χ2n) is 6.32. The van der Waals surface area contributed by atoms with E-state index in [-0.39, 0.29) is 36.3 Å². The third-order valence-corrected chi connectivity index (χ3v) is 4.68. The Bertz CT molecular complexity index is 686. The Morgan fingerprint density at radius 1 is 1.32 bits per heavy atom. The minimum atomic E-state index is -0.369. The Morgan fingerprint density at radius 2 is 2.08 bits per heavy atom. The number of carbonyl (C=O) groups excluding carboxylic acids is 2. The first-order valence-corrected chi connectivity index (χ1v) is 8.33. The smallest absolute Gasteiger partial charge is 0.324 e. The van der Waals surface area contributed by atoms with E-state index in [2.05, 4.69) is 20.9 Å². The van der Waals surface area contributed by atoms with Crippen LogP contribution in [0, 0.1) is 5.82 Å². The van der Waals surface area contributed by atoms with E-state index < -0.39 is 0 Å². The first kappa shape index (κ1) is 17.2. The molecule has 1 saturated heterocycles. The van der Waals surface area contributed by atoms with Gasteiger partial charge in [-0.05, 0) is 24.5 Å². The molecular weight excluding hydrogens is 325 g/mol. The first-order valence-electron chi connectivity index (χ1n) is 8.33. The third-order valence-electron chi connectivity index (χ3n) is 4.68. The molecule has 3 rings (SSSR count). The normalized spacial score (nSPS) is 19.0. The molecule has 2 aliphatic rings. The van der Waals surface area contributed by atoms with E-state index in [0.717, 1.165) is 18.4 Å². The summed E-state index contributed by atoms with van der Waals surface area (Å²) < 4.78 is 14.0. The number of halogens is 1. The molecule has 2 fully saturated rings. The fourth-order valence-corrected chi connectivity index (χ4v) is 3.02. The van der Waals surface area contributed by atoms with Crippen LogP contribution in [0.1, 0.15) is 18.4 Å². The van der Waals surface area contributed by atoms with Crippen LogP contribution in [0.2, 0.25) is 0 Å². The highest BCUT2D eigenvalue weighted by Crippen LogP contribution is 2.48. The molecular formula is C17H22FN5O2. The number of aliphatic imine (C=N–C) groups is 1. The average molecular weight is 347 g/mol. The van der Waals surface area contributed by atoms with Crippen LogP contribution < -0.4 is 16.0 Å². The fraction of sp³-hybridized carbons (Fsp3) is 0.471. The SMILES string of the molecule is CN=C(NCCN1C(=O)CNC1=O)NCC1(c2ccccc2F)CC1. The van der Waals surface area contributed by atoms with Crippen molar-refractivity contribution in [1.29, 1.82) is 0 Å². The Morgan fingerprint density at radius 3 is 2.68 bits per heavy atom. The molecule has 1 aromatic rings. The predicted molar refractivity (Wildman–Crippen MR) is 91.8 cm³/mol. The molecule has 7 nitrogen and oxygen atoms in total. The quantitative estimate of drug-likeness (QED) is 0.399. The molecule has 1 aliphatic heterocycles. The number of guanidine groups is 1. The van der Waals surface area contributed by atoms with Gasteiger partial charge in [-0.1, -0.05) is 18.2 Å². The average Bonchev–Trinajstić information content (AvgIpc) is 3.33. The van der Waals surface area contributed by atoms with Gasteiger partial charge in [0.15, 0.2) is 5.96 Å². The predicted octanol–water partition coefficient (Wildman–Crippen LogP) is 0.574. The summed E-state index contributed by atoms with van der Waals surface area (Å²) in [5, 5.41) is 8.77. The largest absolute Gasteiger partial charge is 0.356 e. The highest BCUT2D eigenvalue weighted by atomic mass is 19.1. The molecule has 1 aromatic carbocycles. The van der Waals surface area contributed by atoms with Crippen LogP contribution in [-0.4, -0.2) is 56.0 Å². The molecule has 1 saturated carbocycles. The molecule has 134 valence electrons. The molecule has 3 amide bonds. The van der Waals surface area contributed by atoms with Gasteiger partial charge in [-0.15, -0.1) is 0 Å². The number of carbonyl (C=O) groups is 2. The van der Waals surface area contributed by atoms with Gasteiger partial charge < -0.3 is 16.0 Å². The number of nitrogens with one attached hydrogen (secondary N) is 3. The van der Waals surface area contributed by atoms with Gasteiger partial charge >= 0.3 is 6.03 Å². The number of hydrogen-bond acceptors (Lipinski definition) is 3. The maximum absolute atomic E-state index is 14.0. The lowest BCUT2D eigenvalue weighted by molar-refractivity contribution is -0.124. The van der Waals surface area contributed by atoms with Gasteiger partial charge in [0.25, 0.3) is 0 Å². The highest BCUT2D eigenvalue weighted by Gasteiger charge is 2.45. The molecule has 0 radical (unpaired) electrons. The topological polar surface area (TPSA) is 85.8 Å². The minimum absolute atomic E-state index is 0.0525. The maximum atomic E-state index is 14.0. The van der Waals surface area contributed by atoms with Crippen molar-refractivity contribution in [2.75, 3.05) is 33.2 Å². The maximum Gasteiger partial charge on any atom is 0.324 e. The van der Waals surface area contributed by atoms with Gasteiger partial charge in [-0.3, -0.25) is 14.7 Å². The van der Waals surface area contributed by atoms with Crippen LogP contribution in [0.3, 0.4) is 0 Å². The Labute approximate surface area is 145 Å². The lowest BCUT2D eigenvalue weighted by Crippen LogP contribution is -2.45. The molecule has 1 aliphatic carbocycles. The number of rotatable bonds is 6. The number of nitrogens with zero attached hydrogens (tertiary/aromatic N) is 2. The van der Waals surface area contributed by atoms with Crippen molar-refractivity contribution in [3.8, 4) is 0 Å². The Kier molecular flexibility index (Phi) is 4.87. The van der Waals surface area contributed by atoms with Crippen LogP contribution in [0.5, 0.6) is 0 Å². The summed E-state index contributed by atoms with van der Waals surface area (Å²) in [6.07, 6.45) is 1.86. The number of benzene rings is 1. The highest BCUT2D eigenvalue weighted by molar-refractivity contribution is 6.01. The summed E-state index contributed by atoms with van der Waals surface area (Å²) in [6, 6.07) is 6.49. The molecule has 0 spiro atoms. The fourth-order valence-electron chi connectivity index (χ4n) is 3.02. The van der Waals surface area contributed by atoms with E-state index in [4.69, 9.17) is 0 Å². The zero-order chi connectivity index (χ0) is 17.9. The third kappa shape index (κ3) is 3.72. The van der Waals surface area contributed by atoms with Gasteiger partial charge in [-0.25, -0.2) is 9.18 Å². The summed E-state index contributed by atoms with van der Waals surface area (Å²) in [5.41, 5.74) is 0.547. The van der Waals surface area contributed by atoms with E-state index >= 15 is 0 Å². The monoisotopic (exact) mass is 347 g/mol. The summed E-state index contributed by atoms with van der Waals surface area (Å²) in [5.74, 6) is 0.157. The molecule has 1 heterocycles. The van der Waals surface area contributed by atoms with Crippen molar-refractivity contribution in [2.45, 2.75) is 18.3 Å². The van der Waals surface area contributed by atoms with Gasteiger partial charge in [0.1, 0.15) is 5.82 Å². The number of imide groups is 1. The lowest BCUT2D eigenvalue weighted by atomic mass is 9.95. The van der Waals surface area contributed by atoms with Crippen molar-refractivity contribution in [3.05, 3.63) is 35.6 Å². The van der Waals surface area contributed by atoms with E-state index in [1.54, 1.807) is 13.1 Å². The van der Waals surface area contributed by atoms with E-state index in [1.165, 1.54) is 11.0 Å². The van der Waals surface area contributed by atoms with E-state index in [9.17, 15) is 14.0 Å². The van der Waals surface area contributed by atoms with Crippen molar-refractivity contribution in [3.63, 3.8) is 0 Å². The summed E-state index contributed by atoms with van der Waals surface area (Å²) in [6.45, 7) is 1.29. The van der Waals surface area contributed by atoms with Crippen molar-refractivity contribution in [2.24, 2.45) is 4.99 Å². The molecule has 3 N–H and O–H groups in total. The zero-order valence-electron chi connectivity index (χ0n) is 14.1. The zero-order valence-corrected chi connectivity index (χ0v) is 14.1. The summed E-state index contributed by atoms with van der Waals surface area (Å²) in [4.78, 5) is 28.3. The molecule has 0 aromatic heterocycles. The first-order chi connectivity index (χ1) is 12.1. The van der Waals surface area contributed by atoms with Gasteiger partial charge in [-0.2, -0.15) is 0 Å². The lowest BCUT2D eigenvalue weighted by Gasteiger charge is -2.20. The van der Waals surface area contributed by atoms with E-state index in [0.29, 0.717) is 19.0 Å². The Balaban J connectivity index is 1.49. The van der Waals surface area contributed by atoms with Crippen LogP contribution in [-0.2, 0) is 10.2 Å². The van der Waals surface area contributed by atoms with Crippen LogP contribution in [0.25, 0.3) is 0 Å². The number of urea groups is 1. The summed E-state index contributed by atoms with van der Waals surface area (Å²) in [7, 11) is 1.64. The molecule has 8 heteroatoms. The van der Waals surface area contributed by atoms with Gasteiger partial charge in [0, 0.05) is 32.1 Å². The molecule has 0 atom stereocenters. The minimum Gasteiger partial charge on any atom is -0.356 e. The second kappa shape index (κ2) is 7.08. The Hall–Kier alpha value is -2.64. The summed E-state index contributed by atoms with van der Waals surface area (Å²) >= 11 is 0. The van der Waals surface area contributed by atoms with Crippen LogP contribution in [0.4, 0.5) is 9.18 Å². The standard InChI is InChI=1S/C17H22FN5O2/c1-19-15(20-8-9-23-14(24)10-21-16(23)25)22-11-17(6-7-17)12-4-2-3-5-13(12)18/h2-5H,6-11H2,1H3,(H,21,25)(H2,19,20,22). The molecule has 0 bridgehead atoms. The second-order valence-corrected chi connectivity index (χ2v) is 6.32. The van der Waals surface area contributed by atoms with Gasteiger partial charge in [0.2, 0.25) is 5.91 Å². The van der Waals surface area contributed by atoms with Crippen LogP contribution >= 0.6 is 0 Å². The van der Waals surface area contributed by atoms with Crippen molar-refractivity contribution < 1.29 is 14.0 Å². The number of amides is 3. The van der Waals surface area contributed by atoms with E-state index in [1.807, 2.05) is 12.1 Å². The number of hydrogen-bond donors (Lipinski definition) is 3. The van der Waals surface area contributed by atoms with Gasteiger partial charge in [0.05, 0.1) is 6.54 Å². The van der Waals surface area contributed by atoms with Crippen molar-refractivity contribution >= 4 is 17.9 Å². The molecule has 25 heavy (non-hydrogen) atoms.